The van der Waals surface area contributed by atoms with Crippen LogP contribution in [0.2, 0.25) is 0 Å². The van der Waals surface area contributed by atoms with Crippen molar-refractivity contribution in [3.05, 3.63) is 35.4 Å². The van der Waals surface area contributed by atoms with E-state index in [0.29, 0.717) is 13.0 Å². The number of halogens is 2. The Morgan fingerprint density at radius 2 is 2.26 bits per heavy atom. The molecule has 1 saturated heterocycles. The van der Waals surface area contributed by atoms with Crippen LogP contribution in [0.1, 0.15) is 24.9 Å². The van der Waals surface area contributed by atoms with Gasteiger partial charge in [-0.05, 0) is 31.5 Å². The summed E-state index contributed by atoms with van der Waals surface area (Å²) in [5, 5.41) is 2.60. The van der Waals surface area contributed by atoms with Gasteiger partial charge in [0.25, 0.3) is 0 Å². The number of benzene rings is 1. The molecule has 19 heavy (non-hydrogen) atoms. The van der Waals surface area contributed by atoms with Crippen LogP contribution in [0.15, 0.2) is 18.2 Å². The standard InChI is InChI=1S/C13H16F2N2O2/c1-8(10-6-9(14)2-3-11(10)15)17-12(18)13(16)4-5-19-7-13/h2-3,6,8H,4-5,7,16H2,1H3,(H,17,18). The number of nitrogens with two attached hydrogens (primary N) is 1. The summed E-state index contributed by atoms with van der Waals surface area (Å²) in [7, 11) is 0. The lowest BCUT2D eigenvalue weighted by Gasteiger charge is -2.24. The normalized spacial score (nSPS) is 24.2. The fourth-order valence-electron chi connectivity index (χ4n) is 2.02. The van der Waals surface area contributed by atoms with Gasteiger partial charge in [0.05, 0.1) is 12.6 Å². The minimum atomic E-state index is -1.09. The zero-order valence-corrected chi connectivity index (χ0v) is 10.6. The first-order chi connectivity index (χ1) is 8.92. The Morgan fingerprint density at radius 1 is 1.53 bits per heavy atom. The third kappa shape index (κ3) is 2.90. The monoisotopic (exact) mass is 270 g/mol. The van der Waals surface area contributed by atoms with Crippen molar-refractivity contribution in [3.63, 3.8) is 0 Å². The molecule has 1 aromatic carbocycles. The molecule has 0 bridgehead atoms. The Morgan fingerprint density at radius 3 is 2.89 bits per heavy atom. The fraction of sp³-hybridized carbons (Fsp3) is 0.462. The van der Waals surface area contributed by atoms with E-state index >= 15 is 0 Å². The molecule has 1 amide bonds. The highest BCUT2D eigenvalue weighted by Crippen LogP contribution is 2.21. The lowest BCUT2D eigenvalue weighted by Crippen LogP contribution is -2.55. The largest absolute Gasteiger partial charge is 0.379 e. The fourth-order valence-corrected chi connectivity index (χ4v) is 2.02. The number of hydrogen-bond donors (Lipinski definition) is 2. The van der Waals surface area contributed by atoms with E-state index < -0.39 is 29.1 Å². The highest BCUT2D eigenvalue weighted by molar-refractivity contribution is 5.86. The summed E-state index contributed by atoms with van der Waals surface area (Å²) in [4.78, 5) is 12.0. The summed E-state index contributed by atoms with van der Waals surface area (Å²) in [6.45, 7) is 2.14. The van der Waals surface area contributed by atoms with Gasteiger partial charge in [0.2, 0.25) is 5.91 Å². The second-order valence-electron chi connectivity index (χ2n) is 4.82. The summed E-state index contributed by atoms with van der Waals surface area (Å²) in [6, 6.07) is 2.46. The molecule has 1 fully saturated rings. The van der Waals surface area contributed by atoms with Crippen molar-refractivity contribution in [3.8, 4) is 0 Å². The van der Waals surface area contributed by atoms with Crippen molar-refractivity contribution in [2.24, 2.45) is 5.73 Å². The zero-order chi connectivity index (χ0) is 14.0. The van der Waals surface area contributed by atoms with E-state index in [4.69, 9.17) is 10.5 Å². The minimum absolute atomic E-state index is 0.0934. The highest BCUT2D eigenvalue weighted by atomic mass is 19.1. The van der Waals surface area contributed by atoms with Crippen molar-refractivity contribution in [2.45, 2.75) is 24.9 Å². The van der Waals surface area contributed by atoms with Crippen LogP contribution in [0.5, 0.6) is 0 Å². The molecule has 1 heterocycles. The van der Waals surface area contributed by atoms with Gasteiger partial charge >= 0.3 is 0 Å². The molecule has 0 radical (unpaired) electrons. The Bertz CT molecular complexity index is 488. The van der Waals surface area contributed by atoms with Crippen LogP contribution in [0.25, 0.3) is 0 Å². The molecule has 2 rings (SSSR count). The maximum atomic E-state index is 13.6. The lowest BCUT2D eigenvalue weighted by molar-refractivity contribution is -0.127. The second kappa shape index (κ2) is 5.22. The number of nitrogens with one attached hydrogen (secondary N) is 1. The van der Waals surface area contributed by atoms with Gasteiger partial charge in [-0.2, -0.15) is 0 Å². The van der Waals surface area contributed by atoms with Gasteiger partial charge in [-0.1, -0.05) is 0 Å². The van der Waals surface area contributed by atoms with Crippen LogP contribution in [0, 0.1) is 11.6 Å². The average molecular weight is 270 g/mol. The summed E-state index contributed by atoms with van der Waals surface area (Å²) >= 11 is 0. The highest BCUT2D eigenvalue weighted by Gasteiger charge is 2.38. The van der Waals surface area contributed by atoms with Crippen LogP contribution in [-0.2, 0) is 9.53 Å². The maximum Gasteiger partial charge on any atom is 0.243 e. The molecule has 3 N–H and O–H groups in total. The topological polar surface area (TPSA) is 64.4 Å². The molecule has 2 unspecified atom stereocenters. The predicted octanol–water partition coefficient (Wildman–Crippen LogP) is 1.26. The van der Waals surface area contributed by atoms with Crippen molar-refractivity contribution < 1.29 is 18.3 Å². The molecule has 104 valence electrons. The Balaban J connectivity index is 2.10. The van der Waals surface area contributed by atoms with Crippen LogP contribution >= 0.6 is 0 Å². The van der Waals surface area contributed by atoms with E-state index in [1.165, 1.54) is 0 Å². The number of hydrogen-bond acceptors (Lipinski definition) is 3. The molecule has 0 aromatic heterocycles. The van der Waals surface area contributed by atoms with Gasteiger partial charge in [0.15, 0.2) is 0 Å². The van der Waals surface area contributed by atoms with Crippen molar-refractivity contribution in [1.82, 2.24) is 5.32 Å². The van der Waals surface area contributed by atoms with Crippen LogP contribution < -0.4 is 11.1 Å². The molecule has 2 atom stereocenters. The third-order valence-corrected chi connectivity index (χ3v) is 3.28. The second-order valence-corrected chi connectivity index (χ2v) is 4.82. The Labute approximate surface area is 109 Å². The first kappa shape index (κ1) is 13.9. The van der Waals surface area contributed by atoms with Gasteiger partial charge in [-0.25, -0.2) is 8.78 Å². The lowest BCUT2D eigenvalue weighted by atomic mass is 9.98. The van der Waals surface area contributed by atoms with E-state index in [-0.39, 0.29) is 12.2 Å². The molecule has 1 aromatic rings. The molecule has 4 nitrogen and oxygen atoms in total. The first-order valence-electron chi connectivity index (χ1n) is 6.05. The number of carbonyl (C=O) groups is 1. The molecular formula is C13H16F2N2O2. The predicted molar refractivity (Wildman–Crippen MR) is 65.3 cm³/mol. The first-order valence-corrected chi connectivity index (χ1v) is 6.05. The number of amides is 1. The van der Waals surface area contributed by atoms with Gasteiger partial charge < -0.3 is 15.8 Å². The molecular weight excluding hydrogens is 254 g/mol. The summed E-state index contributed by atoms with van der Waals surface area (Å²) in [5.41, 5.74) is 4.90. The van der Waals surface area contributed by atoms with Gasteiger partial charge in [0.1, 0.15) is 17.2 Å². The molecule has 0 aliphatic carbocycles. The molecule has 6 heteroatoms. The van der Waals surface area contributed by atoms with E-state index in [0.717, 1.165) is 18.2 Å². The van der Waals surface area contributed by atoms with Gasteiger partial charge in [-0.15, -0.1) is 0 Å². The van der Waals surface area contributed by atoms with E-state index in [1.807, 2.05) is 0 Å². The number of rotatable bonds is 3. The summed E-state index contributed by atoms with van der Waals surface area (Å²) in [6.07, 6.45) is 0.414. The van der Waals surface area contributed by atoms with Gasteiger partial charge in [-0.3, -0.25) is 4.79 Å². The SMILES string of the molecule is CC(NC(=O)C1(N)CCOC1)c1cc(F)ccc1F. The third-order valence-electron chi connectivity index (χ3n) is 3.28. The van der Waals surface area contributed by atoms with Crippen molar-refractivity contribution in [1.29, 1.82) is 0 Å². The van der Waals surface area contributed by atoms with E-state index in [2.05, 4.69) is 5.32 Å². The maximum absolute atomic E-state index is 13.6. The van der Waals surface area contributed by atoms with E-state index in [1.54, 1.807) is 6.92 Å². The Kier molecular flexibility index (Phi) is 3.82. The van der Waals surface area contributed by atoms with Crippen LogP contribution in [0.3, 0.4) is 0 Å². The van der Waals surface area contributed by atoms with Crippen molar-refractivity contribution >= 4 is 5.91 Å². The molecule has 0 saturated carbocycles. The van der Waals surface area contributed by atoms with E-state index in [9.17, 15) is 13.6 Å². The zero-order valence-electron chi connectivity index (χ0n) is 10.6. The Hall–Kier alpha value is -1.53. The summed E-state index contributed by atoms with van der Waals surface area (Å²) < 4.78 is 31.8. The summed E-state index contributed by atoms with van der Waals surface area (Å²) in [5.74, 6) is -1.53. The van der Waals surface area contributed by atoms with Crippen molar-refractivity contribution in [2.75, 3.05) is 13.2 Å². The molecule has 0 spiro atoms. The van der Waals surface area contributed by atoms with Gasteiger partial charge in [0, 0.05) is 12.2 Å². The van der Waals surface area contributed by atoms with Crippen LogP contribution in [0.4, 0.5) is 8.78 Å². The molecule has 1 aliphatic rings. The number of carbonyl (C=O) groups excluding carboxylic acids is 1. The van der Waals surface area contributed by atoms with Crippen LogP contribution in [-0.4, -0.2) is 24.7 Å². The minimum Gasteiger partial charge on any atom is -0.379 e. The molecule has 1 aliphatic heterocycles. The smallest absolute Gasteiger partial charge is 0.243 e. The average Bonchev–Trinajstić information content (AvgIpc) is 2.80. The number of ether oxygens (including phenoxy) is 1. The quantitative estimate of drug-likeness (QED) is 0.869.